The van der Waals surface area contributed by atoms with Crippen LogP contribution < -0.4 is 0 Å². The SMILES string of the molecule is CN(C)CCC(C#N)(CCC1CCCCC1)c1ccccc1.Cl. The van der Waals surface area contributed by atoms with Crippen molar-refractivity contribution in [2.75, 3.05) is 20.6 Å². The summed E-state index contributed by atoms with van der Waals surface area (Å²) in [5.41, 5.74) is 0.887. The molecule has 1 atom stereocenters. The third kappa shape index (κ3) is 5.83. The zero-order valence-corrected chi connectivity index (χ0v) is 15.4. The summed E-state index contributed by atoms with van der Waals surface area (Å²) in [6.07, 6.45) is 10.0. The van der Waals surface area contributed by atoms with E-state index >= 15 is 0 Å². The third-order valence-electron chi connectivity index (χ3n) is 5.23. The van der Waals surface area contributed by atoms with Crippen LogP contribution in [0.4, 0.5) is 0 Å². The topological polar surface area (TPSA) is 27.0 Å². The average molecular weight is 335 g/mol. The van der Waals surface area contributed by atoms with Crippen LogP contribution in [-0.4, -0.2) is 25.5 Å². The number of hydrogen-bond donors (Lipinski definition) is 0. The predicted octanol–water partition coefficient (Wildman–Crippen LogP) is 5.18. The molecule has 2 rings (SSSR count). The average Bonchev–Trinajstić information content (AvgIpc) is 2.57. The minimum absolute atomic E-state index is 0. The fourth-order valence-corrected chi connectivity index (χ4v) is 3.69. The van der Waals surface area contributed by atoms with Gasteiger partial charge in [-0.25, -0.2) is 0 Å². The van der Waals surface area contributed by atoms with Gasteiger partial charge in [-0.3, -0.25) is 0 Å². The van der Waals surface area contributed by atoms with E-state index in [1.165, 1.54) is 44.1 Å². The van der Waals surface area contributed by atoms with E-state index in [1.54, 1.807) is 0 Å². The van der Waals surface area contributed by atoms with Crippen molar-refractivity contribution in [1.29, 1.82) is 5.26 Å². The monoisotopic (exact) mass is 334 g/mol. The summed E-state index contributed by atoms with van der Waals surface area (Å²) in [6, 6.07) is 13.2. The van der Waals surface area contributed by atoms with Crippen molar-refractivity contribution in [3.05, 3.63) is 35.9 Å². The van der Waals surface area contributed by atoms with Gasteiger partial charge in [-0.2, -0.15) is 5.26 Å². The van der Waals surface area contributed by atoms with Crippen LogP contribution in [0.15, 0.2) is 30.3 Å². The normalized spacial score (nSPS) is 18.0. The summed E-state index contributed by atoms with van der Waals surface area (Å²) in [5.74, 6) is 0.838. The van der Waals surface area contributed by atoms with Gasteiger partial charge in [0.05, 0.1) is 11.5 Å². The van der Waals surface area contributed by atoms with Crippen molar-refractivity contribution in [1.82, 2.24) is 4.90 Å². The molecule has 0 saturated heterocycles. The molecule has 1 aromatic carbocycles. The van der Waals surface area contributed by atoms with Gasteiger partial charge >= 0.3 is 0 Å². The van der Waals surface area contributed by atoms with Crippen molar-refractivity contribution >= 4 is 12.4 Å². The van der Waals surface area contributed by atoms with Gasteiger partial charge < -0.3 is 4.90 Å². The summed E-state index contributed by atoms with van der Waals surface area (Å²) in [7, 11) is 4.18. The lowest BCUT2D eigenvalue weighted by atomic mass is 9.72. The van der Waals surface area contributed by atoms with E-state index in [-0.39, 0.29) is 17.8 Å². The fraction of sp³-hybridized carbons (Fsp3) is 0.650. The second-order valence-corrected chi connectivity index (χ2v) is 7.16. The molecule has 3 heteroatoms. The van der Waals surface area contributed by atoms with Crippen LogP contribution in [0.2, 0.25) is 0 Å². The molecule has 1 unspecified atom stereocenters. The highest BCUT2D eigenvalue weighted by Gasteiger charge is 2.32. The maximum absolute atomic E-state index is 10.0. The second kappa shape index (κ2) is 9.96. The lowest BCUT2D eigenvalue weighted by Gasteiger charge is -2.31. The molecule has 1 fully saturated rings. The summed E-state index contributed by atoms with van der Waals surface area (Å²) < 4.78 is 0. The molecule has 0 spiro atoms. The lowest BCUT2D eigenvalue weighted by molar-refractivity contribution is 0.287. The molecule has 0 amide bonds. The first-order valence-electron chi connectivity index (χ1n) is 8.78. The first-order valence-corrected chi connectivity index (χ1v) is 8.78. The highest BCUT2D eigenvalue weighted by atomic mass is 35.5. The first-order chi connectivity index (χ1) is 10.7. The van der Waals surface area contributed by atoms with Crippen LogP contribution in [-0.2, 0) is 5.41 Å². The molecule has 1 aromatic rings. The number of hydrogen-bond acceptors (Lipinski definition) is 2. The van der Waals surface area contributed by atoms with Gasteiger partial charge in [-0.15, -0.1) is 12.4 Å². The molecule has 2 nitrogen and oxygen atoms in total. The third-order valence-corrected chi connectivity index (χ3v) is 5.23. The summed E-state index contributed by atoms with van der Waals surface area (Å²) >= 11 is 0. The van der Waals surface area contributed by atoms with Crippen molar-refractivity contribution in [3.63, 3.8) is 0 Å². The van der Waals surface area contributed by atoms with E-state index in [2.05, 4.69) is 49.3 Å². The second-order valence-electron chi connectivity index (χ2n) is 7.16. The molecule has 128 valence electrons. The molecule has 1 saturated carbocycles. The first kappa shape index (κ1) is 20.0. The van der Waals surface area contributed by atoms with Gasteiger partial charge in [0.15, 0.2) is 0 Å². The Labute approximate surface area is 148 Å². The van der Waals surface area contributed by atoms with Crippen LogP contribution in [0.5, 0.6) is 0 Å². The Morgan fingerprint density at radius 3 is 2.30 bits per heavy atom. The fourth-order valence-electron chi connectivity index (χ4n) is 3.69. The Kier molecular flexibility index (Phi) is 8.66. The van der Waals surface area contributed by atoms with Gasteiger partial charge in [0.1, 0.15) is 0 Å². The Bertz CT molecular complexity index is 474. The van der Waals surface area contributed by atoms with Crippen molar-refractivity contribution in [2.24, 2.45) is 5.92 Å². The number of nitrogens with zero attached hydrogens (tertiary/aromatic N) is 2. The molecule has 1 aliphatic carbocycles. The Morgan fingerprint density at radius 1 is 1.09 bits per heavy atom. The largest absolute Gasteiger partial charge is 0.309 e. The summed E-state index contributed by atoms with van der Waals surface area (Å²) in [5, 5.41) is 10.0. The smallest absolute Gasteiger partial charge is 0.0834 e. The van der Waals surface area contributed by atoms with Gasteiger partial charge in [0.25, 0.3) is 0 Å². The van der Waals surface area contributed by atoms with Gasteiger partial charge in [0.2, 0.25) is 0 Å². The van der Waals surface area contributed by atoms with Gasteiger partial charge in [0, 0.05) is 0 Å². The molecule has 0 N–H and O–H groups in total. The van der Waals surface area contributed by atoms with Crippen molar-refractivity contribution in [2.45, 2.75) is 56.8 Å². The molecule has 0 aromatic heterocycles. The summed E-state index contributed by atoms with van der Waals surface area (Å²) in [6.45, 7) is 0.965. The maximum atomic E-state index is 10.0. The van der Waals surface area contributed by atoms with E-state index in [1.807, 2.05) is 6.07 Å². The highest BCUT2D eigenvalue weighted by Crippen LogP contribution is 2.37. The molecular formula is C20H31ClN2. The van der Waals surface area contributed by atoms with Crippen LogP contribution in [0, 0.1) is 17.2 Å². The van der Waals surface area contributed by atoms with Crippen LogP contribution in [0.25, 0.3) is 0 Å². The standard InChI is InChI=1S/C20H30N2.ClH/c1-22(2)16-15-20(17-21,19-11-7-4-8-12-19)14-13-18-9-5-3-6-10-18;/h4,7-8,11-12,18H,3,5-6,9-10,13-16H2,1-2H3;1H. The minimum atomic E-state index is -0.316. The summed E-state index contributed by atoms with van der Waals surface area (Å²) in [4.78, 5) is 2.19. The molecule has 0 bridgehead atoms. The van der Waals surface area contributed by atoms with Crippen molar-refractivity contribution < 1.29 is 0 Å². The molecule has 0 radical (unpaired) electrons. The number of nitriles is 1. The van der Waals surface area contributed by atoms with Gasteiger partial charge in [-0.05, 0) is 51.4 Å². The van der Waals surface area contributed by atoms with Gasteiger partial charge in [-0.1, -0.05) is 62.4 Å². The van der Waals surface area contributed by atoms with Crippen LogP contribution >= 0.6 is 12.4 Å². The lowest BCUT2D eigenvalue weighted by Crippen LogP contribution is -2.30. The van der Waals surface area contributed by atoms with Crippen LogP contribution in [0.1, 0.15) is 56.9 Å². The molecule has 0 aliphatic heterocycles. The van der Waals surface area contributed by atoms with Crippen molar-refractivity contribution in [3.8, 4) is 6.07 Å². The Morgan fingerprint density at radius 2 is 1.74 bits per heavy atom. The van der Waals surface area contributed by atoms with E-state index in [9.17, 15) is 5.26 Å². The maximum Gasteiger partial charge on any atom is 0.0834 e. The highest BCUT2D eigenvalue weighted by molar-refractivity contribution is 5.85. The zero-order chi connectivity index (χ0) is 15.8. The zero-order valence-electron chi connectivity index (χ0n) is 14.6. The quantitative estimate of drug-likeness (QED) is 0.686. The predicted molar refractivity (Wildman–Crippen MR) is 100.0 cm³/mol. The van der Waals surface area contributed by atoms with E-state index in [4.69, 9.17) is 0 Å². The molecular weight excluding hydrogens is 304 g/mol. The molecule has 1 aliphatic rings. The Balaban J connectivity index is 0.00000264. The van der Waals surface area contributed by atoms with Crippen LogP contribution in [0.3, 0.4) is 0 Å². The number of benzene rings is 1. The molecule has 23 heavy (non-hydrogen) atoms. The van der Waals surface area contributed by atoms with E-state index < -0.39 is 0 Å². The number of halogens is 1. The molecule has 0 heterocycles. The minimum Gasteiger partial charge on any atom is -0.309 e. The number of rotatable bonds is 7. The van der Waals surface area contributed by atoms with E-state index in [0.717, 1.165) is 25.3 Å². The Hall–Kier alpha value is -1.04. The van der Waals surface area contributed by atoms with E-state index in [0.29, 0.717) is 0 Å².